The van der Waals surface area contributed by atoms with Crippen LogP contribution in [-0.2, 0) is 11.3 Å². The van der Waals surface area contributed by atoms with Crippen molar-refractivity contribution in [2.45, 2.75) is 19.9 Å². The summed E-state index contributed by atoms with van der Waals surface area (Å²) in [6.07, 6.45) is 2.47. The molecule has 2 aromatic carbocycles. The minimum Gasteiger partial charge on any atom is -0.493 e. The van der Waals surface area contributed by atoms with E-state index < -0.39 is 0 Å². The number of nitrogens with one attached hydrogen (secondary N) is 1. The van der Waals surface area contributed by atoms with Crippen molar-refractivity contribution >= 4 is 22.9 Å². The van der Waals surface area contributed by atoms with Crippen molar-refractivity contribution < 1.29 is 19.0 Å². The Morgan fingerprint density at radius 3 is 2.83 bits per heavy atom. The van der Waals surface area contributed by atoms with Gasteiger partial charge in [-0.1, -0.05) is 24.8 Å². The minimum atomic E-state index is -0.273. The number of amides is 1. The Balaban J connectivity index is 1.82. The van der Waals surface area contributed by atoms with Crippen LogP contribution in [0.5, 0.6) is 11.5 Å². The van der Waals surface area contributed by atoms with Crippen LogP contribution in [0.15, 0.2) is 55.1 Å². The number of aromatic nitrogens is 2. The molecule has 0 bridgehead atoms. The van der Waals surface area contributed by atoms with Crippen molar-refractivity contribution in [3.8, 4) is 11.5 Å². The first-order valence-corrected chi connectivity index (χ1v) is 9.94. The highest BCUT2D eigenvalue weighted by Gasteiger charge is 2.16. The Hall–Kier alpha value is -3.32. The van der Waals surface area contributed by atoms with Gasteiger partial charge in [0.05, 0.1) is 18.1 Å². The minimum absolute atomic E-state index is 0.273. The highest BCUT2D eigenvalue weighted by atomic mass is 16.5. The molecule has 0 aliphatic rings. The lowest BCUT2D eigenvalue weighted by Crippen LogP contribution is -2.16. The number of methoxy groups -OCH3 is 1. The van der Waals surface area contributed by atoms with Gasteiger partial charge >= 0.3 is 0 Å². The number of benzene rings is 2. The number of nitrogens with zero attached hydrogens (tertiary/aromatic N) is 2. The molecule has 1 N–H and O–H groups in total. The molecular formula is C23H27N3O4. The number of rotatable bonds is 11. The van der Waals surface area contributed by atoms with Crippen LogP contribution >= 0.6 is 0 Å². The van der Waals surface area contributed by atoms with Gasteiger partial charge in [0.15, 0.2) is 11.5 Å². The van der Waals surface area contributed by atoms with E-state index in [0.717, 1.165) is 17.5 Å². The number of aryl methyl sites for hydroxylation is 1. The number of hydrogen-bond donors (Lipinski definition) is 1. The van der Waals surface area contributed by atoms with Crippen LogP contribution in [0.1, 0.15) is 23.7 Å². The van der Waals surface area contributed by atoms with Gasteiger partial charge in [0.2, 0.25) is 5.95 Å². The maximum Gasteiger partial charge on any atom is 0.258 e. The Morgan fingerprint density at radius 2 is 2.07 bits per heavy atom. The largest absolute Gasteiger partial charge is 0.493 e. The lowest BCUT2D eigenvalue weighted by atomic mass is 10.2. The second kappa shape index (κ2) is 10.5. The smallest absolute Gasteiger partial charge is 0.258 e. The number of anilines is 1. The van der Waals surface area contributed by atoms with E-state index >= 15 is 0 Å². The average Bonchev–Trinajstić information content (AvgIpc) is 3.12. The molecule has 0 atom stereocenters. The zero-order valence-electron chi connectivity index (χ0n) is 17.4. The molecule has 0 unspecified atom stereocenters. The fourth-order valence-electron chi connectivity index (χ4n) is 3.12. The summed E-state index contributed by atoms with van der Waals surface area (Å²) in [5.74, 6) is 1.26. The number of fused-ring (bicyclic) bond motifs is 1. The van der Waals surface area contributed by atoms with Gasteiger partial charge in [-0.15, -0.1) is 0 Å². The van der Waals surface area contributed by atoms with Gasteiger partial charge < -0.3 is 18.8 Å². The molecule has 0 saturated heterocycles. The third kappa shape index (κ3) is 4.99. The first-order valence-electron chi connectivity index (χ1n) is 9.94. The molecule has 30 heavy (non-hydrogen) atoms. The number of imidazole rings is 1. The van der Waals surface area contributed by atoms with Crippen LogP contribution < -0.4 is 14.8 Å². The normalized spacial score (nSPS) is 10.7. The molecule has 1 amide bonds. The molecule has 1 aromatic heterocycles. The SMILES string of the molecule is C=CCOc1ccc(C(=O)Nc2nc3ccccc3n2CCCOCC)cc1OC. The highest BCUT2D eigenvalue weighted by Crippen LogP contribution is 2.29. The van der Waals surface area contributed by atoms with Gasteiger partial charge in [0.25, 0.3) is 5.91 Å². The van der Waals surface area contributed by atoms with Gasteiger partial charge in [0.1, 0.15) is 6.61 Å². The fourth-order valence-corrected chi connectivity index (χ4v) is 3.12. The summed E-state index contributed by atoms with van der Waals surface area (Å²) in [6, 6.07) is 12.9. The number of ether oxygens (including phenoxy) is 3. The van der Waals surface area contributed by atoms with Crippen molar-refractivity contribution in [1.82, 2.24) is 9.55 Å². The van der Waals surface area contributed by atoms with Gasteiger partial charge in [-0.25, -0.2) is 4.98 Å². The molecule has 158 valence electrons. The van der Waals surface area contributed by atoms with Gasteiger partial charge in [-0.05, 0) is 43.7 Å². The molecule has 7 nitrogen and oxygen atoms in total. The van der Waals surface area contributed by atoms with Crippen molar-refractivity contribution in [1.29, 1.82) is 0 Å². The zero-order chi connectivity index (χ0) is 21.3. The predicted molar refractivity (Wildman–Crippen MR) is 117 cm³/mol. The summed E-state index contributed by atoms with van der Waals surface area (Å²) in [4.78, 5) is 17.5. The van der Waals surface area contributed by atoms with Crippen molar-refractivity contribution in [3.63, 3.8) is 0 Å². The van der Waals surface area contributed by atoms with Crippen LogP contribution in [0.4, 0.5) is 5.95 Å². The maximum atomic E-state index is 12.9. The van der Waals surface area contributed by atoms with E-state index in [1.54, 1.807) is 24.3 Å². The molecule has 0 aliphatic heterocycles. The predicted octanol–water partition coefficient (Wildman–Crippen LogP) is 4.29. The molecule has 1 heterocycles. The number of para-hydroxylation sites is 2. The molecular weight excluding hydrogens is 382 g/mol. The van der Waals surface area contributed by atoms with Crippen LogP contribution in [0.3, 0.4) is 0 Å². The maximum absolute atomic E-state index is 12.9. The summed E-state index contributed by atoms with van der Waals surface area (Å²) in [6.45, 7) is 7.99. The fraction of sp³-hybridized carbons (Fsp3) is 0.304. The van der Waals surface area contributed by atoms with Crippen LogP contribution in [0.2, 0.25) is 0 Å². The van der Waals surface area contributed by atoms with E-state index in [0.29, 0.717) is 49.4 Å². The second-order valence-corrected chi connectivity index (χ2v) is 6.55. The summed E-state index contributed by atoms with van der Waals surface area (Å²) in [7, 11) is 1.54. The first kappa shape index (κ1) is 21.4. The van der Waals surface area contributed by atoms with Crippen molar-refractivity contribution in [2.75, 3.05) is 32.2 Å². The second-order valence-electron chi connectivity index (χ2n) is 6.55. The molecule has 0 saturated carbocycles. The highest BCUT2D eigenvalue weighted by molar-refractivity contribution is 6.04. The number of carbonyl (C=O) groups is 1. The van der Waals surface area contributed by atoms with Crippen LogP contribution in [0.25, 0.3) is 11.0 Å². The molecule has 0 radical (unpaired) electrons. The van der Waals surface area contributed by atoms with E-state index in [-0.39, 0.29) is 5.91 Å². The van der Waals surface area contributed by atoms with E-state index in [9.17, 15) is 4.79 Å². The Kier molecular flexibility index (Phi) is 7.45. The number of carbonyl (C=O) groups excluding carboxylic acids is 1. The lowest BCUT2D eigenvalue weighted by Gasteiger charge is -2.12. The molecule has 0 fully saturated rings. The van der Waals surface area contributed by atoms with Gasteiger partial charge in [-0.3, -0.25) is 10.1 Å². The number of hydrogen-bond acceptors (Lipinski definition) is 5. The average molecular weight is 409 g/mol. The first-order chi connectivity index (χ1) is 14.7. The summed E-state index contributed by atoms with van der Waals surface area (Å²) in [5, 5.41) is 2.93. The zero-order valence-corrected chi connectivity index (χ0v) is 17.4. The Bertz CT molecular complexity index is 1010. The third-order valence-electron chi connectivity index (χ3n) is 4.54. The third-order valence-corrected chi connectivity index (χ3v) is 4.54. The summed E-state index contributed by atoms with van der Waals surface area (Å²) < 4.78 is 18.4. The van der Waals surface area contributed by atoms with Gasteiger partial charge in [-0.2, -0.15) is 0 Å². The van der Waals surface area contributed by atoms with Crippen LogP contribution in [0, 0.1) is 0 Å². The topological polar surface area (TPSA) is 74.6 Å². The Morgan fingerprint density at radius 1 is 1.23 bits per heavy atom. The molecule has 3 aromatic rings. The summed E-state index contributed by atoms with van der Waals surface area (Å²) in [5.41, 5.74) is 2.25. The molecule has 7 heteroatoms. The van der Waals surface area contributed by atoms with Gasteiger partial charge in [0, 0.05) is 25.3 Å². The molecule has 0 spiro atoms. The Labute approximate surface area is 176 Å². The lowest BCUT2D eigenvalue weighted by molar-refractivity contribution is 0.102. The standard InChI is InChI=1S/C23H27N3O4/c1-4-14-30-20-12-11-17(16-21(20)28-3)22(27)25-23-24-18-9-6-7-10-19(18)26(23)13-8-15-29-5-2/h4,6-7,9-12,16H,1,5,8,13-15H2,2-3H3,(H,24,25,27). The monoisotopic (exact) mass is 409 g/mol. The molecule has 0 aliphatic carbocycles. The quantitative estimate of drug-likeness (QED) is 0.378. The van der Waals surface area contributed by atoms with Crippen LogP contribution in [-0.4, -0.2) is 42.4 Å². The molecule has 3 rings (SSSR count). The van der Waals surface area contributed by atoms with E-state index in [1.807, 2.05) is 35.8 Å². The van der Waals surface area contributed by atoms with Crippen molar-refractivity contribution in [3.05, 3.63) is 60.7 Å². The van der Waals surface area contributed by atoms with E-state index in [1.165, 1.54) is 7.11 Å². The van der Waals surface area contributed by atoms with E-state index in [4.69, 9.17) is 14.2 Å². The van der Waals surface area contributed by atoms with Crippen molar-refractivity contribution in [2.24, 2.45) is 0 Å². The summed E-state index contributed by atoms with van der Waals surface area (Å²) >= 11 is 0. The van der Waals surface area contributed by atoms with E-state index in [2.05, 4.69) is 16.9 Å².